The van der Waals surface area contributed by atoms with Crippen molar-refractivity contribution >= 4 is 16.8 Å². The number of para-hydroxylation sites is 1. The van der Waals surface area contributed by atoms with Gasteiger partial charge in [-0.25, -0.2) is 9.36 Å². The van der Waals surface area contributed by atoms with Gasteiger partial charge in [0.05, 0.1) is 28.6 Å². The molecule has 1 aromatic carbocycles. The third-order valence-electron chi connectivity index (χ3n) is 4.97. The fraction of sp³-hybridized carbons (Fsp3) is 0.455. The van der Waals surface area contributed by atoms with Gasteiger partial charge in [0.2, 0.25) is 5.91 Å². The zero-order chi connectivity index (χ0) is 21.8. The van der Waals surface area contributed by atoms with Crippen molar-refractivity contribution in [3.05, 3.63) is 52.1 Å². The molecule has 0 aliphatic rings. The van der Waals surface area contributed by atoms with Gasteiger partial charge >= 0.3 is 0 Å². The minimum Gasteiger partial charge on any atom is -0.379 e. The Morgan fingerprint density at radius 2 is 1.83 bits per heavy atom. The maximum atomic E-state index is 13.1. The van der Waals surface area contributed by atoms with E-state index in [4.69, 9.17) is 4.74 Å². The number of aromatic nitrogens is 4. The van der Waals surface area contributed by atoms with Crippen molar-refractivity contribution in [3.8, 4) is 5.69 Å². The predicted octanol–water partition coefficient (Wildman–Crippen LogP) is 2.69. The summed E-state index contributed by atoms with van der Waals surface area (Å²) in [6.07, 6.45) is 0.869. The molecule has 1 amide bonds. The van der Waals surface area contributed by atoms with Gasteiger partial charge < -0.3 is 10.1 Å². The number of nitrogens with zero attached hydrogens (tertiary/aromatic N) is 4. The van der Waals surface area contributed by atoms with Gasteiger partial charge in [0.1, 0.15) is 6.04 Å². The number of nitrogens with one attached hydrogen (secondary N) is 1. The van der Waals surface area contributed by atoms with Crippen molar-refractivity contribution in [2.45, 2.75) is 53.2 Å². The van der Waals surface area contributed by atoms with Crippen molar-refractivity contribution in [1.82, 2.24) is 24.9 Å². The van der Waals surface area contributed by atoms with E-state index < -0.39 is 6.04 Å². The molecule has 8 nitrogen and oxygen atoms in total. The lowest BCUT2D eigenvalue weighted by Crippen LogP contribution is -2.38. The van der Waals surface area contributed by atoms with Crippen molar-refractivity contribution < 1.29 is 9.53 Å². The summed E-state index contributed by atoms with van der Waals surface area (Å²) in [7, 11) is 0. The minimum absolute atomic E-state index is 0.163. The molecule has 0 saturated heterocycles. The van der Waals surface area contributed by atoms with Crippen molar-refractivity contribution in [2.24, 2.45) is 0 Å². The molecular formula is C22H29N5O3. The molecule has 160 valence electrons. The van der Waals surface area contributed by atoms with Crippen LogP contribution in [0.5, 0.6) is 0 Å². The Morgan fingerprint density at radius 1 is 1.13 bits per heavy atom. The Morgan fingerprint density at radius 3 is 2.50 bits per heavy atom. The largest absolute Gasteiger partial charge is 0.379 e. The molecule has 30 heavy (non-hydrogen) atoms. The number of hydrogen-bond acceptors (Lipinski definition) is 5. The van der Waals surface area contributed by atoms with Crippen LogP contribution in [0.1, 0.15) is 44.6 Å². The second kappa shape index (κ2) is 9.21. The average Bonchev–Trinajstić information content (AvgIpc) is 3.08. The third-order valence-corrected chi connectivity index (χ3v) is 4.97. The number of fused-ring (bicyclic) bond motifs is 1. The van der Waals surface area contributed by atoms with Gasteiger partial charge in [-0.2, -0.15) is 10.2 Å². The normalized spacial score (nSPS) is 12.5. The van der Waals surface area contributed by atoms with Gasteiger partial charge in [0.25, 0.3) is 5.56 Å². The van der Waals surface area contributed by atoms with E-state index in [9.17, 15) is 9.59 Å². The molecule has 2 heterocycles. The molecule has 2 aromatic heterocycles. The van der Waals surface area contributed by atoms with E-state index in [1.165, 1.54) is 4.68 Å². The number of rotatable bonds is 8. The van der Waals surface area contributed by atoms with Crippen LogP contribution < -0.4 is 10.9 Å². The predicted molar refractivity (Wildman–Crippen MR) is 116 cm³/mol. The number of benzene rings is 1. The smallest absolute Gasteiger partial charge is 0.295 e. The Kier molecular flexibility index (Phi) is 6.66. The molecule has 3 rings (SSSR count). The molecule has 3 aromatic rings. The highest BCUT2D eigenvalue weighted by atomic mass is 16.5. The van der Waals surface area contributed by atoms with Gasteiger partial charge in [-0.1, -0.05) is 18.2 Å². The summed E-state index contributed by atoms with van der Waals surface area (Å²) in [6, 6.07) is 8.88. The van der Waals surface area contributed by atoms with Crippen molar-refractivity contribution in [3.63, 3.8) is 0 Å². The zero-order valence-corrected chi connectivity index (χ0v) is 18.2. The molecular weight excluding hydrogens is 382 g/mol. The number of carbonyl (C=O) groups is 1. The molecule has 0 unspecified atom stereocenters. The van der Waals surface area contributed by atoms with E-state index in [1.54, 1.807) is 11.6 Å². The van der Waals surface area contributed by atoms with E-state index >= 15 is 0 Å². The van der Waals surface area contributed by atoms with E-state index in [-0.39, 0.29) is 17.6 Å². The molecule has 0 aliphatic carbocycles. The Labute approximate surface area is 175 Å². The Bertz CT molecular complexity index is 1090. The molecule has 0 radical (unpaired) electrons. The summed E-state index contributed by atoms with van der Waals surface area (Å²) in [5.74, 6) is -0.257. The number of carbonyl (C=O) groups excluding carboxylic acids is 1. The molecule has 1 N–H and O–H groups in total. The standard InChI is InChI=1S/C22H29N5O3/c1-14(2)30-13-9-12-23-21(28)17(5)27-22(29)20-19(15(3)24-27)16(4)26(25-20)18-10-7-6-8-11-18/h6-8,10-11,14,17H,9,12-13H2,1-5H3,(H,23,28)/t17-/m0/s1. The highest BCUT2D eigenvalue weighted by Crippen LogP contribution is 2.21. The van der Waals surface area contributed by atoms with Crippen molar-refractivity contribution in [1.29, 1.82) is 0 Å². The fourth-order valence-electron chi connectivity index (χ4n) is 3.40. The summed E-state index contributed by atoms with van der Waals surface area (Å²) < 4.78 is 8.43. The summed E-state index contributed by atoms with van der Waals surface area (Å²) in [6.45, 7) is 10.4. The van der Waals surface area contributed by atoms with Crippen LogP contribution in [0.15, 0.2) is 35.1 Å². The lowest BCUT2D eigenvalue weighted by atomic mass is 10.2. The van der Waals surface area contributed by atoms with E-state index in [2.05, 4.69) is 15.5 Å². The summed E-state index contributed by atoms with van der Waals surface area (Å²) in [5, 5.41) is 12.5. The summed E-state index contributed by atoms with van der Waals surface area (Å²) in [5.41, 5.74) is 2.31. The Balaban J connectivity index is 1.86. The first-order valence-electron chi connectivity index (χ1n) is 10.2. The van der Waals surface area contributed by atoms with E-state index in [1.807, 2.05) is 58.0 Å². The lowest BCUT2D eigenvalue weighted by Gasteiger charge is -2.15. The van der Waals surface area contributed by atoms with Gasteiger partial charge in [-0.3, -0.25) is 9.59 Å². The van der Waals surface area contributed by atoms with Crippen LogP contribution in [-0.4, -0.2) is 44.7 Å². The molecule has 0 aliphatic heterocycles. The molecule has 0 saturated carbocycles. The highest BCUT2D eigenvalue weighted by molar-refractivity contribution is 5.84. The van der Waals surface area contributed by atoms with Gasteiger partial charge in [0, 0.05) is 13.2 Å². The quantitative estimate of drug-likeness (QED) is 0.576. The molecule has 0 spiro atoms. The minimum atomic E-state index is -0.742. The fourth-order valence-corrected chi connectivity index (χ4v) is 3.40. The number of ether oxygens (including phenoxy) is 1. The third kappa shape index (κ3) is 4.43. The second-order valence-electron chi connectivity index (χ2n) is 7.63. The van der Waals surface area contributed by atoms with Gasteiger partial charge in [-0.15, -0.1) is 0 Å². The van der Waals surface area contributed by atoms with E-state index in [0.29, 0.717) is 30.8 Å². The van der Waals surface area contributed by atoms with E-state index in [0.717, 1.165) is 16.8 Å². The van der Waals surface area contributed by atoms with Gasteiger partial charge in [0.15, 0.2) is 5.52 Å². The van der Waals surface area contributed by atoms with Crippen LogP contribution in [0.25, 0.3) is 16.6 Å². The van der Waals surface area contributed by atoms with Gasteiger partial charge in [-0.05, 0) is 53.2 Å². The zero-order valence-electron chi connectivity index (χ0n) is 18.2. The maximum absolute atomic E-state index is 13.1. The highest BCUT2D eigenvalue weighted by Gasteiger charge is 2.22. The van der Waals surface area contributed by atoms with Crippen LogP contribution in [0.3, 0.4) is 0 Å². The topological polar surface area (TPSA) is 91.0 Å². The number of amides is 1. The molecule has 0 bridgehead atoms. The first-order valence-corrected chi connectivity index (χ1v) is 10.2. The average molecular weight is 412 g/mol. The SMILES string of the molecule is Cc1nn([C@@H](C)C(=O)NCCCOC(C)C)c(=O)c2nn(-c3ccccc3)c(C)c12. The van der Waals surface area contributed by atoms with Crippen LogP contribution >= 0.6 is 0 Å². The first kappa shape index (κ1) is 21.7. The van der Waals surface area contributed by atoms with Crippen LogP contribution in [0.2, 0.25) is 0 Å². The number of hydrogen-bond donors (Lipinski definition) is 1. The second-order valence-corrected chi connectivity index (χ2v) is 7.63. The molecule has 1 atom stereocenters. The van der Waals surface area contributed by atoms with Crippen LogP contribution in [-0.2, 0) is 9.53 Å². The Hall–Kier alpha value is -3.00. The van der Waals surface area contributed by atoms with Crippen LogP contribution in [0.4, 0.5) is 0 Å². The van der Waals surface area contributed by atoms with Crippen molar-refractivity contribution in [2.75, 3.05) is 13.2 Å². The summed E-state index contributed by atoms with van der Waals surface area (Å²) >= 11 is 0. The van der Waals surface area contributed by atoms with Crippen LogP contribution in [0, 0.1) is 13.8 Å². The first-order chi connectivity index (χ1) is 14.3. The molecule has 0 fully saturated rings. The lowest BCUT2D eigenvalue weighted by molar-refractivity contribution is -0.124. The maximum Gasteiger partial charge on any atom is 0.295 e. The number of aryl methyl sites for hydroxylation is 2. The monoisotopic (exact) mass is 411 g/mol. The summed E-state index contributed by atoms with van der Waals surface area (Å²) in [4.78, 5) is 25.7. The molecule has 8 heteroatoms.